The zero-order chi connectivity index (χ0) is 12.5. The lowest BCUT2D eigenvalue weighted by Crippen LogP contribution is -2.40. The van der Waals surface area contributed by atoms with Crippen molar-refractivity contribution in [2.24, 2.45) is 0 Å². The number of carbonyl (C=O) groups is 1. The summed E-state index contributed by atoms with van der Waals surface area (Å²) < 4.78 is 5.81. The van der Waals surface area contributed by atoms with Gasteiger partial charge in [0.25, 0.3) is 5.91 Å². The highest BCUT2D eigenvalue weighted by atomic mass is 32.1. The maximum atomic E-state index is 11.9. The zero-order valence-electron chi connectivity index (χ0n) is 9.96. The fourth-order valence-electron chi connectivity index (χ4n) is 2.23. The molecule has 1 aliphatic rings. The van der Waals surface area contributed by atoms with Crippen molar-refractivity contribution in [1.82, 2.24) is 24.5 Å². The minimum atomic E-state index is -0.0877. The summed E-state index contributed by atoms with van der Waals surface area (Å²) in [5, 5.41) is 6.68. The van der Waals surface area contributed by atoms with E-state index in [0.29, 0.717) is 4.88 Å². The third-order valence-corrected chi connectivity index (χ3v) is 3.70. The molecule has 0 saturated heterocycles. The molecule has 0 spiro atoms. The van der Waals surface area contributed by atoms with E-state index in [9.17, 15) is 4.79 Å². The number of imidazole rings is 1. The van der Waals surface area contributed by atoms with Gasteiger partial charge in [0.15, 0.2) is 0 Å². The molecule has 6 nitrogen and oxygen atoms in total. The van der Waals surface area contributed by atoms with Crippen LogP contribution in [0.25, 0.3) is 0 Å². The molecule has 1 N–H and O–H groups in total. The molecule has 0 aliphatic carbocycles. The Morgan fingerprint density at radius 1 is 1.61 bits per heavy atom. The molecule has 7 heteroatoms. The molecule has 1 amide bonds. The summed E-state index contributed by atoms with van der Waals surface area (Å²) in [6, 6.07) is 0.153. The standard InChI is InChI=1S/C11H13N5OS/c1-7-5-16-6-8(2-3-10(16)13-7)14-11(17)9-4-12-15-18-9/h4-5,8H,2-3,6H2,1H3,(H,14,17)/t8-/m1/s1. The van der Waals surface area contributed by atoms with E-state index in [0.717, 1.165) is 42.4 Å². The van der Waals surface area contributed by atoms with Gasteiger partial charge in [-0.1, -0.05) is 4.49 Å². The lowest BCUT2D eigenvalue weighted by atomic mass is 10.1. The highest BCUT2D eigenvalue weighted by Gasteiger charge is 2.22. The molecule has 94 valence electrons. The van der Waals surface area contributed by atoms with Gasteiger partial charge in [-0.15, -0.1) is 5.10 Å². The van der Waals surface area contributed by atoms with Gasteiger partial charge in [0.1, 0.15) is 10.7 Å². The monoisotopic (exact) mass is 263 g/mol. The predicted octanol–water partition coefficient (Wildman–Crippen LogP) is 0.788. The Labute approximate surface area is 108 Å². The number of hydrogen-bond acceptors (Lipinski definition) is 5. The van der Waals surface area contributed by atoms with Crippen LogP contribution in [-0.4, -0.2) is 31.1 Å². The molecule has 0 saturated carbocycles. The zero-order valence-corrected chi connectivity index (χ0v) is 10.8. The minimum absolute atomic E-state index is 0.0877. The number of nitrogens with zero attached hydrogens (tertiary/aromatic N) is 4. The van der Waals surface area contributed by atoms with Crippen molar-refractivity contribution in [3.05, 3.63) is 28.8 Å². The number of nitrogens with one attached hydrogen (secondary N) is 1. The van der Waals surface area contributed by atoms with Crippen molar-refractivity contribution in [3.8, 4) is 0 Å². The number of fused-ring (bicyclic) bond motifs is 1. The summed E-state index contributed by atoms with van der Waals surface area (Å²) in [5.74, 6) is 1.02. The lowest BCUT2D eigenvalue weighted by Gasteiger charge is -2.24. The van der Waals surface area contributed by atoms with Crippen LogP contribution in [-0.2, 0) is 13.0 Å². The van der Waals surface area contributed by atoms with Crippen LogP contribution >= 0.6 is 11.5 Å². The number of aromatic nitrogens is 4. The summed E-state index contributed by atoms with van der Waals surface area (Å²) in [6.07, 6.45) is 5.35. The number of rotatable bonds is 2. The van der Waals surface area contributed by atoms with E-state index < -0.39 is 0 Å². The second-order valence-electron chi connectivity index (χ2n) is 4.44. The van der Waals surface area contributed by atoms with Crippen LogP contribution < -0.4 is 5.32 Å². The summed E-state index contributed by atoms with van der Waals surface area (Å²) >= 11 is 1.12. The van der Waals surface area contributed by atoms with E-state index in [1.54, 1.807) is 0 Å². The van der Waals surface area contributed by atoms with Crippen LogP contribution in [0.3, 0.4) is 0 Å². The Kier molecular flexibility index (Phi) is 2.83. The fraction of sp³-hybridized carbons (Fsp3) is 0.455. The van der Waals surface area contributed by atoms with Gasteiger partial charge in [0.05, 0.1) is 11.9 Å². The van der Waals surface area contributed by atoms with Crippen LogP contribution in [0, 0.1) is 6.92 Å². The predicted molar refractivity (Wildman–Crippen MR) is 66.4 cm³/mol. The molecule has 0 bridgehead atoms. The van der Waals surface area contributed by atoms with Crippen molar-refractivity contribution >= 4 is 17.4 Å². The van der Waals surface area contributed by atoms with Gasteiger partial charge in [0.2, 0.25) is 0 Å². The number of hydrogen-bond donors (Lipinski definition) is 1. The number of aryl methyl sites for hydroxylation is 2. The summed E-state index contributed by atoms with van der Waals surface area (Å²) in [5.41, 5.74) is 1.03. The first-order valence-corrected chi connectivity index (χ1v) is 6.60. The van der Waals surface area contributed by atoms with E-state index in [-0.39, 0.29) is 11.9 Å². The fourth-order valence-corrected chi connectivity index (χ4v) is 2.65. The molecule has 3 heterocycles. The summed E-state index contributed by atoms with van der Waals surface area (Å²) in [6.45, 7) is 2.77. The molecule has 1 atom stereocenters. The highest BCUT2D eigenvalue weighted by molar-refractivity contribution is 7.07. The molecule has 2 aromatic heterocycles. The quantitative estimate of drug-likeness (QED) is 0.869. The molecule has 0 unspecified atom stereocenters. The Hall–Kier alpha value is -1.76. The van der Waals surface area contributed by atoms with Crippen LogP contribution in [0.2, 0.25) is 0 Å². The first-order valence-electron chi connectivity index (χ1n) is 5.83. The van der Waals surface area contributed by atoms with Crippen molar-refractivity contribution in [2.45, 2.75) is 32.4 Å². The molecule has 0 aromatic carbocycles. The maximum Gasteiger partial charge on any atom is 0.264 e. The maximum absolute atomic E-state index is 11.9. The van der Waals surface area contributed by atoms with Crippen molar-refractivity contribution < 1.29 is 4.79 Å². The smallest absolute Gasteiger partial charge is 0.264 e. The van der Waals surface area contributed by atoms with Gasteiger partial charge in [-0.25, -0.2) is 4.98 Å². The second kappa shape index (κ2) is 4.49. The van der Waals surface area contributed by atoms with Crippen molar-refractivity contribution in [3.63, 3.8) is 0 Å². The molecule has 2 aromatic rings. The van der Waals surface area contributed by atoms with E-state index in [1.807, 2.05) is 13.1 Å². The van der Waals surface area contributed by atoms with Crippen LogP contribution in [0.1, 0.15) is 27.6 Å². The van der Waals surface area contributed by atoms with E-state index >= 15 is 0 Å². The molecular weight excluding hydrogens is 250 g/mol. The van der Waals surface area contributed by atoms with Gasteiger partial charge in [0, 0.05) is 25.2 Å². The van der Waals surface area contributed by atoms with Gasteiger partial charge in [-0.3, -0.25) is 4.79 Å². The Morgan fingerprint density at radius 2 is 2.50 bits per heavy atom. The molecular formula is C11H13N5OS. The third kappa shape index (κ3) is 2.13. The van der Waals surface area contributed by atoms with Crippen molar-refractivity contribution in [1.29, 1.82) is 0 Å². The topological polar surface area (TPSA) is 72.7 Å². The van der Waals surface area contributed by atoms with Gasteiger partial charge < -0.3 is 9.88 Å². The number of carbonyl (C=O) groups excluding carboxylic acids is 1. The lowest BCUT2D eigenvalue weighted by molar-refractivity contribution is 0.0931. The van der Waals surface area contributed by atoms with Crippen molar-refractivity contribution in [2.75, 3.05) is 0 Å². The number of amides is 1. The Morgan fingerprint density at radius 3 is 3.28 bits per heavy atom. The van der Waals surface area contributed by atoms with Gasteiger partial charge in [-0.05, 0) is 24.9 Å². The summed E-state index contributed by atoms with van der Waals surface area (Å²) in [4.78, 5) is 16.9. The average molecular weight is 263 g/mol. The van der Waals surface area contributed by atoms with Gasteiger partial charge in [-0.2, -0.15) is 0 Å². The molecule has 0 radical (unpaired) electrons. The molecule has 3 rings (SSSR count). The normalized spacial score (nSPS) is 18.4. The van der Waals surface area contributed by atoms with E-state index in [4.69, 9.17) is 0 Å². The van der Waals surface area contributed by atoms with Crippen LogP contribution in [0.5, 0.6) is 0 Å². The van der Waals surface area contributed by atoms with E-state index in [2.05, 4.69) is 24.5 Å². The molecule has 1 aliphatic heterocycles. The van der Waals surface area contributed by atoms with Crippen LogP contribution in [0.4, 0.5) is 0 Å². The molecule has 0 fully saturated rings. The Bertz CT molecular complexity index is 562. The average Bonchev–Trinajstić information content (AvgIpc) is 2.95. The van der Waals surface area contributed by atoms with Gasteiger partial charge >= 0.3 is 0 Å². The second-order valence-corrected chi connectivity index (χ2v) is 5.23. The first kappa shape index (κ1) is 11.3. The SMILES string of the molecule is Cc1cn2c(n1)CC[C@@H](NC(=O)c1cnns1)C2. The van der Waals surface area contributed by atoms with Crippen LogP contribution in [0.15, 0.2) is 12.4 Å². The highest BCUT2D eigenvalue weighted by Crippen LogP contribution is 2.15. The minimum Gasteiger partial charge on any atom is -0.347 e. The largest absolute Gasteiger partial charge is 0.347 e. The summed E-state index contributed by atoms with van der Waals surface area (Å²) in [7, 11) is 0. The van der Waals surface area contributed by atoms with E-state index in [1.165, 1.54) is 6.20 Å². The third-order valence-electron chi connectivity index (χ3n) is 3.03. The first-order chi connectivity index (χ1) is 8.72. The molecule has 18 heavy (non-hydrogen) atoms. The Balaban J connectivity index is 1.68.